The molecule has 0 saturated carbocycles. The van der Waals surface area contributed by atoms with E-state index >= 15 is 0 Å². The number of nitrogens with one attached hydrogen (secondary N) is 1. The number of hydrogen-bond donors (Lipinski definition) is 1. The Kier molecular flexibility index (Phi) is 5.22. The Morgan fingerprint density at radius 2 is 2.33 bits per heavy atom. The van der Waals surface area contributed by atoms with E-state index in [1.807, 2.05) is 31.3 Å². The van der Waals surface area contributed by atoms with Crippen molar-refractivity contribution in [1.29, 1.82) is 0 Å². The second kappa shape index (κ2) is 6.93. The molecular weight excluding hydrogens is 268 g/mol. The van der Waals surface area contributed by atoms with E-state index in [9.17, 15) is 4.79 Å². The van der Waals surface area contributed by atoms with E-state index in [2.05, 4.69) is 14.9 Å². The highest BCUT2D eigenvalue weighted by molar-refractivity contribution is 5.75. The van der Waals surface area contributed by atoms with Gasteiger partial charge < -0.3 is 19.5 Å². The van der Waals surface area contributed by atoms with Crippen LogP contribution in [0, 0.1) is 5.92 Å². The first-order valence-electron chi connectivity index (χ1n) is 7.52. The van der Waals surface area contributed by atoms with Gasteiger partial charge in [-0.05, 0) is 32.6 Å². The molecule has 6 nitrogen and oxygen atoms in total. The predicted octanol–water partition coefficient (Wildman–Crippen LogP) is 1.73. The SMILES string of the molecule is COCC(C)(C)NC(=O)N1CCCC(Cn2ccnc2)C1. The lowest BCUT2D eigenvalue weighted by molar-refractivity contribution is 0.114. The van der Waals surface area contributed by atoms with E-state index < -0.39 is 0 Å². The molecule has 1 N–H and O–H groups in total. The Morgan fingerprint density at radius 3 is 3.00 bits per heavy atom. The normalized spacial score (nSPS) is 19.6. The molecule has 0 aromatic carbocycles. The molecule has 1 aromatic rings. The van der Waals surface area contributed by atoms with Gasteiger partial charge in [0.25, 0.3) is 0 Å². The topological polar surface area (TPSA) is 59.4 Å². The maximum atomic E-state index is 12.4. The van der Waals surface area contributed by atoms with Crippen LogP contribution in [0.4, 0.5) is 4.79 Å². The van der Waals surface area contributed by atoms with E-state index in [1.165, 1.54) is 0 Å². The monoisotopic (exact) mass is 294 g/mol. The van der Waals surface area contributed by atoms with Gasteiger partial charge in [0.2, 0.25) is 0 Å². The minimum absolute atomic E-state index is 0.00683. The predicted molar refractivity (Wildman–Crippen MR) is 81.0 cm³/mol. The molecule has 2 rings (SSSR count). The summed E-state index contributed by atoms with van der Waals surface area (Å²) in [4.78, 5) is 18.4. The lowest BCUT2D eigenvalue weighted by Crippen LogP contribution is -2.54. The lowest BCUT2D eigenvalue weighted by Gasteiger charge is -2.35. The van der Waals surface area contributed by atoms with Crippen molar-refractivity contribution in [1.82, 2.24) is 19.8 Å². The molecule has 1 aliphatic heterocycles. The molecule has 1 atom stereocenters. The fourth-order valence-corrected chi connectivity index (χ4v) is 2.86. The number of carbonyl (C=O) groups excluding carboxylic acids is 1. The van der Waals surface area contributed by atoms with Crippen LogP contribution >= 0.6 is 0 Å². The maximum absolute atomic E-state index is 12.4. The highest BCUT2D eigenvalue weighted by atomic mass is 16.5. The third-order valence-electron chi connectivity index (χ3n) is 3.78. The summed E-state index contributed by atoms with van der Waals surface area (Å²) in [6.45, 7) is 7.00. The first-order valence-corrected chi connectivity index (χ1v) is 7.52. The summed E-state index contributed by atoms with van der Waals surface area (Å²) in [6, 6.07) is 0.00683. The summed E-state index contributed by atoms with van der Waals surface area (Å²) >= 11 is 0. The average Bonchev–Trinajstić information content (AvgIpc) is 2.91. The van der Waals surface area contributed by atoms with E-state index in [1.54, 1.807) is 13.3 Å². The first kappa shape index (κ1) is 15.8. The number of carbonyl (C=O) groups is 1. The largest absolute Gasteiger partial charge is 0.382 e. The number of likely N-dealkylation sites (tertiary alicyclic amines) is 1. The van der Waals surface area contributed by atoms with Crippen LogP contribution in [0.15, 0.2) is 18.7 Å². The molecule has 0 spiro atoms. The molecule has 0 radical (unpaired) electrons. The molecule has 1 unspecified atom stereocenters. The van der Waals surface area contributed by atoms with Gasteiger partial charge in [0.05, 0.1) is 18.5 Å². The fraction of sp³-hybridized carbons (Fsp3) is 0.733. The van der Waals surface area contributed by atoms with Crippen LogP contribution in [0.25, 0.3) is 0 Å². The van der Waals surface area contributed by atoms with Crippen LogP contribution in [0.1, 0.15) is 26.7 Å². The van der Waals surface area contributed by atoms with Crippen molar-refractivity contribution in [2.24, 2.45) is 5.92 Å². The van der Waals surface area contributed by atoms with Gasteiger partial charge in [-0.15, -0.1) is 0 Å². The summed E-state index contributed by atoms with van der Waals surface area (Å²) in [5.41, 5.74) is -0.344. The van der Waals surface area contributed by atoms with Crippen molar-refractivity contribution in [2.45, 2.75) is 38.8 Å². The fourth-order valence-electron chi connectivity index (χ4n) is 2.86. The number of urea groups is 1. The minimum atomic E-state index is -0.344. The van der Waals surface area contributed by atoms with Crippen LogP contribution in [0.3, 0.4) is 0 Å². The lowest BCUT2D eigenvalue weighted by atomic mass is 9.98. The van der Waals surface area contributed by atoms with Gasteiger partial charge in [-0.1, -0.05) is 0 Å². The van der Waals surface area contributed by atoms with E-state index in [0.717, 1.165) is 32.5 Å². The second-order valence-electron chi connectivity index (χ2n) is 6.46. The number of nitrogens with zero attached hydrogens (tertiary/aromatic N) is 3. The van der Waals surface area contributed by atoms with Gasteiger partial charge in [0.15, 0.2) is 0 Å². The number of aromatic nitrogens is 2. The number of amides is 2. The Bertz CT molecular complexity index is 445. The molecule has 1 aromatic heterocycles. The van der Waals surface area contributed by atoms with E-state index in [4.69, 9.17) is 4.74 Å². The van der Waals surface area contributed by atoms with Gasteiger partial charge in [-0.25, -0.2) is 9.78 Å². The summed E-state index contributed by atoms with van der Waals surface area (Å²) in [7, 11) is 1.65. The van der Waals surface area contributed by atoms with Gasteiger partial charge >= 0.3 is 6.03 Å². The van der Waals surface area contributed by atoms with Crippen LogP contribution in [-0.2, 0) is 11.3 Å². The number of imidazole rings is 1. The third-order valence-corrected chi connectivity index (χ3v) is 3.78. The molecule has 6 heteroatoms. The van der Waals surface area contributed by atoms with Crippen LogP contribution in [0.2, 0.25) is 0 Å². The molecule has 118 valence electrons. The van der Waals surface area contributed by atoms with Gasteiger partial charge in [-0.2, -0.15) is 0 Å². The molecular formula is C15H26N4O2. The molecule has 0 aliphatic carbocycles. The number of ether oxygens (including phenoxy) is 1. The summed E-state index contributed by atoms with van der Waals surface area (Å²) in [6.07, 6.45) is 7.81. The zero-order chi connectivity index (χ0) is 15.3. The number of piperidine rings is 1. The Morgan fingerprint density at radius 1 is 1.52 bits per heavy atom. The van der Waals surface area contributed by atoms with Crippen molar-refractivity contribution < 1.29 is 9.53 Å². The smallest absolute Gasteiger partial charge is 0.317 e. The van der Waals surface area contributed by atoms with E-state index in [0.29, 0.717) is 12.5 Å². The zero-order valence-corrected chi connectivity index (χ0v) is 13.2. The van der Waals surface area contributed by atoms with Crippen molar-refractivity contribution >= 4 is 6.03 Å². The van der Waals surface area contributed by atoms with Gasteiger partial charge in [-0.3, -0.25) is 0 Å². The molecule has 21 heavy (non-hydrogen) atoms. The molecule has 1 saturated heterocycles. The molecule has 2 heterocycles. The molecule has 2 amide bonds. The summed E-state index contributed by atoms with van der Waals surface area (Å²) in [5.74, 6) is 0.490. The second-order valence-corrected chi connectivity index (χ2v) is 6.46. The third kappa shape index (κ3) is 4.74. The zero-order valence-electron chi connectivity index (χ0n) is 13.2. The van der Waals surface area contributed by atoms with Gasteiger partial charge in [0, 0.05) is 39.1 Å². The Labute approximate surface area is 126 Å². The maximum Gasteiger partial charge on any atom is 0.317 e. The van der Waals surface area contributed by atoms with Crippen LogP contribution in [0.5, 0.6) is 0 Å². The Hall–Kier alpha value is -1.56. The van der Waals surface area contributed by atoms with Crippen LogP contribution < -0.4 is 5.32 Å². The van der Waals surface area contributed by atoms with Crippen LogP contribution in [-0.4, -0.2) is 52.8 Å². The molecule has 0 bridgehead atoms. The van der Waals surface area contributed by atoms with Crippen molar-refractivity contribution in [3.8, 4) is 0 Å². The van der Waals surface area contributed by atoms with Crippen molar-refractivity contribution in [3.05, 3.63) is 18.7 Å². The highest BCUT2D eigenvalue weighted by Gasteiger charge is 2.27. The quantitative estimate of drug-likeness (QED) is 0.899. The summed E-state index contributed by atoms with van der Waals surface area (Å²) < 4.78 is 7.23. The van der Waals surface area contributed by atoms with Crippen molar-refractivity contribution in [3.63, 3.8) is 0 Å². The van der Waals surface area contributed by atoms with Gasteiger partial charge in [0.1, 0.15) is 0 Å². The number of rotatable bonds is 5. The van der Waals surface area contributed by atoms with E-state index in [-0.39, 0.29) is 11.6 Å². The highest BCUT2D eigenvalue weighted by Crippen LogP contribution is 2.19. The molecule has 1 aliphatic rings. The standard InChI is InChI=1S/C15H26N4O2/c1-15(2,11-21-3)17-14(20)19-7-4-5-13(10-19)9-18-8-6-16-12-18/h6,8,12-13H,4-5,7,9-11H2,1-3H3,(H,17,20). The first-order chi connectivity index (χ1) is 10.00. The van der Waals surface area contributed by atoms with Crippen molar-refractivity contribution in [2.75, 3.05) is 26.8 Å². The number of methoxy groups -OCH3 is 1. The Balaban J connectivity index is 1.86. The average molecular weight is 294 g/mol. The number of hydrogen-bond acceptors (Lipinski definition) is 3. The summed E-state index contributed by atoms with van der Waals surface area (Å²) in [5, 5.41) is 3.05. The minimum Gasteiger partial charge on any atom is -0.382 e. The molecule has 1 fully saturated rings.